The summed E-state index contributed by atoms with van der Waals surface area (Å²) in [6, 6.07) is 19.3. The Labute approximate surface area is 164 Å². The van der Waals surface area contributed by atoms with Crippen LogP contribution in [0.3, 0.4) is 0 Å². The number of fused-ring (bicyclic) bond motifs is 1. The molecule has 142 valence electrons. The van der Waals surface area contributed by atoms with E-state index in [2.05, 4.69) is 17.1 Å². The summed E-state index contributed by atoms with van der Waals surface area (Å²) in [5.74, 6) is 1.08. The summed E-state index contributed by atoms with van der Waals surface area (Å²) in [5, 5.41) is 0. The van der Waals surface area contributed by atoms with Gasteiger partial charge in [0.15, 0.2) is 0 Å². The van der Waals surface area contributed by atoms with E-state index in [4.69, 9.17) is 10.5 Å². The van der Waals surface area contributed by atoms with E-state index in [-0.39, 0.29) is 5.91 Å². The first-order valence-electron chi connectivity index (χ1n) is 9.44. The molecule has 2 heterocycles. The first-order chi connectivity index (χ1) is 13.6. The molecule has 0 saturated heterocycles. The van der Waals surface area contributed by atoms with Crippen LogP contribution in [0.2, 0.25) is 0 Å². The standard InChI is InChI=1S/C23H23N3O2/c1-16-11-17(14-24)12-22(25-16)28-21-8-4-7-19(13-21)23(27)26-10-9-18-5-2-3-6-20(18)15-26/h2-8,11-13H,9-10,14-15,24H2,1H3. The summed E-state index contributed by atoms with van der Waals surface area (Å²) in [5.41, 5.74) is 10.7. The molecule has 4 rings (SSSR count). The quantitative estimate of drug-likeness (QED) is 0.754. The van der Waals surface area contributed by atoms with Crippen LogP contribution in [0, 0.1) is 6.92 Å². The van der Waals surface area contributed by atoms with Gasteiger partial charge in [0, 0.05) is 37.0 Å². The van der Waals surface area contributed by atoms with Crippen LogP contribution in [0.5, 0.6) is 11.6 Å². The van der Waals surface area contributed by atoms with E-state index in [1.165, 1.54) is 11.1 Å². The summed E-state index contributed by atoms with van der Waals surface area (Å²) < 4.78 is 5.90. The fourth-order valence-corrected chi connectivity index (χ4v) is 3.54. The molecule has 0 unspecified atom stereocenters. The van der Waals surface area contributed by atoms with Crippen molar-refractivity contribution in [1.29, 1.82) is 0 Å². The smallest absolute Gasteiger partial charge is 0.254 e. The summed E-state index contributed by atoms with van der Waals surface area (Å²) in [7, 11) is 0. The average Bonchev–Trinajstić information content (AvgIpc) is 2.72. The molecule has 0 saturated carbocycles. The molecular formula is C23H23N3O2. The number of hydrogen-bond donors (Lipinski definition) is 1. The lowest BCUT2D eigenvalue weighted by molar-refractivity contribution is 0.0734. The van der Waals surface area contributed by atoms with Gasteiger partial charge in [0.1, 0.15) is 5.75 Å². The van der Waals surface area contributed by atoms with Crippen molar-refractivity contribution in [1.82, 2.24) is 9.88 Å². The van der Waals surface area contributed by atoms with Crippen LogP contribution in [-0.4, -0.2) is 22.3 Å². The number of aryl methyl sites for hydroxylation is 1. The number of rotatable bonds is 4. The minimum atomic E-state index is 0.0137. The molecule has 1 aliphatic rings. The second kappa shape index (κ2) is 7.82. The zero-order chi connectivity index (χ0) is 19.5. The Bertz CT molecular complexity index is 1020. The number of amides is 1. The van der Waals surface area contributed by atoms with E-state index in [0.717, 1.165) is 24.2 Å². The predicted octanol–water partition coefficient (Wildman–Crippen LogP) is 3.84. The third kappa shape index (κ3) is 3.89. The van der Waals surface area contributed by atoms with E-state index in [0.29, 0.717) is 30.3 Å². The van der Waals surface area contributed by atoms with Gasteiger partial charge in [0.05, 0.1) is 0 Å². The Morgan fingerprint density at radius 2 is 1.93 bits per heavy atom. The van der Waals surface area contributed by atoms with Crippen molar-refractivity contribution in [3.05, 3.63) is 88.6 Å². The molecule has 1 aromatic heterocycles. The molecule has 1 aliphatic heterocycles. The van der Waals surface area contributed by atoms with Crippen molar-refractivity contribution in [3.63, 3.8) is 0 Å². The van der Waals surface area contributed by atoms with Crippen molar-refractivity contribution in [2.75, 3.05) is 6.54 Å². The van der Waals surface area contributed by atoms with Crippen molar-refractivity contribution >= 4 is 5.91 Å². The number of hydrogen-bond acceptors (Lipinski definition) is 4. The lowest BCUT2D eigenvalue weighted by Crippen LogP contribution is -2.35. The number of carbonyl (C=O) groups excluding carboxylic acids is 1. The fraction of sp³-hybridized carbons (Fsp3) is 0.217. The highest BCUT2D eigenvalue weighted by molar-refractivity contribution is 5.94. The molecule has 1 amide bonds. The van der Waals surface area contributed by atoms with Crippen LogP contribution in [0.15, 0.2) is 60.7 Å². The first-order valence-corrected chi connectivity index (χ1v) is 9.44. The van der Waals surface area contributed by atoms with Crippen LogP contribution < -0.4 is 10.5 Å². The maximum absolute atomic E-state index is 13.0. The van der Waals surface area contributed by atoms with E-state index >= 15 is 0 Å². The minimum absolute atomic E-state index is 0.0137. The maximum Gasteiger partial charge on any atom is 0.254 e. The molecule has 28 heavy (non-hydrogen) atoms. The molecule has 3 aromatic rings. The number of benzene rings is 2. The van der Waals surface area contributed by atoms with Gasteiger partial charge in [-0.2, -0.15) is 0 Å². The SMILES string of the molecule is Cc1cc(CN)cc(Oc2cccc(C(=O)N3CCc4ccccc4C3)c2)n1. The Balaban J connectivity index is 1.52. The predicted molar refractivity (Wildman–Crippen MR) is 108 cm³/mol. The first kappa shape index (κ1) is 18.2. The number of aromatic nitrogens is 1. The Kier molecular flexibility index (Phi) is 5.08. The Morgan fingerprint density at radius 1 is 1.11 bits per heavy atom. The van der Waals surface area contributed by atoms with Crippen LogP contribution in [-0.2, 0) is 19.5 Å². The normalized spacial score (nSPS) is 13.1. The van der Waals surface area contributed by atoms with Crippen LogP contribution >= 0.6 is 0 Å². The second-order valence-electron chi connectivity index (χ2n) is 7.03. The number of nitrogens with two attached hydrogens (primary N) is 1. The Hall–Kier alpha value is -3.18. The monoisotopic (exact) mass is 373 g/mol. The van der Waals surface area contributed by atoms with Gasteiger partial charge in [-0.1, -0.05) is 30.3 Å². The number of ether oxygens (including phenoxy) is 1. The molecule has 0 bridgehead atoms. The topological polar surface area (TPSA) is 68.5 Å². The van der Waals surface area contributed by atoms with E-state index in [1.807, 2.05) is 54.3 Å². The van der Waals surface area contributed by atoms with Gasteiger partial charge < -0.3 is 15.4 Å². The van der Waals surface area contributed by atoms with Crippen molar-refractivity contribution in [2.24, 2.45) is 5.73 Å². The van der Waals surface area contributed by atoms with Gasteiger partial charge in [-0.15, -0.1) is 0 Å². The molecule has 0 radical (unpaired) electrons. The highest BCUT2D eigenvalue weighted by atomic mass is 16.5. The summed E-state index contributed by atoms with van der Waals surface area (Å²) in [4.78, 5) is 19.3. The molecular weight excluding hydrogens is 350 g/mol. The minimum Gasteiger partial charge on any atom is -0.439 e. The molecule has 5 heteroatoms. The third-order valence-electron chi connectivity index (χ3n) is 4.95. The molecule has 0 atom stereocenters. The number of pyridine rings is 1. The van der Waals surface area contributed by atoms with Gasteiger partial charge in [0.2, 0.25) is 5.88 Å². The molecule has 0 spiro atoms. The van der Waals surface area contributed by atoms with Crippen LogP contribution in [0.4, 0.5) is 0 Å². The molecule has 5 nitrogen and oxygen atoms in total. The van der Waals surface area contributed by atoms with Gasteiger partial charge in [-0.3, -0.25) is 4.79 Å². The van der Waals surface area contributed by atoms with Crippen molar-refractivity contribution < 1.29 is 9.53 Å². The lowest BCUT2D eigenvalue weighted by Gasteiger charge is -2.29. The van der Waals surface area contributed by atoms with Crippen LogP contribution in [0.1, 0.15) is 32.7 Å². The zero-order valence-electron chi connectivity index (χ0n) is 15.9. The molecule has 2 N–H and O–H groups in total. The highest BCUT2D eigenvalue weighted by Gasteiger charge is 2.21. The lowest BCUT2D eigenvalue weighted by atomic mass is 9.99. The zero-order valence-corrected chi connectivity index (χ0v) is 15.9. The molecule has 0 fully saturated rings. The van der Waals surface area contributed by atoms with Gasteiger partial charge in [-0.05, 0) is 54.3 Å². The fourth-order valence-electron chi connectivity index (χ4n) is 3.54. The largest absolute Gasteiger partial charge is 0.439 e. The molecule has 0 aliphatic carbocycles. The van der Waals surface area contributed by atoms with Crippen molar-refractivity contribution in [2.45, 2.75) is 26.4 Å². The second-order valence-corrected chi connectivity index (χ2v) is 7.03. The summed E-state index contributed by atoms with van der Waals surface area (Å²) in [6.45, 7) is 3.69. The van der Waals surface area contributed by atoms with Gasteiger partial charge in [-0.25, -0.2) is 4.98 Å². The summed E-state index contributed by atoms with van der Waals surface area (Å²) in [6.07, 6.45) is 0.882. The van der Waals surface area contributed by atoms with E-state index < -0.39 is 0 Å². The Morgan fingerprint density at radius 3 is 2.75 bits per heavy atom. The number of nitrogens with zero attached hydrogens (tertiary/aromatic N) is 2. The van der Waals surface area contributed by atoms with Gasteiger partial charge >= 0.3 is 0 Å². The highest BCUT2D eigenvalue weighted by Crippen LogP contribution is 2.25. The number of carbonyl (C=O) groups is 1. The van der Waals surface area contributed by atoms with Crippen LogP contribution in [0.25, 0.3) is 0 Å². The maximum atomic E-state index is 13.0. The molecule has 2 aromatic carbocycles. The third-order valence-corrected chi connectivity index (χ3v) is 4.95. The average molecular weight is 373 g/mol. The van der Waals surface area contributed by atoms with Crippen molar-refractivity contribution in [3.8, 4) is 11.6 Å². The van der Waals surface area contributed by atoms with E-state index in [9.17, 15) is 4.79 Å². The van der Waals surface area contributed by atoms with Gasteiger partial charge in [0.25, 0.3) is 5.91 Å². The summed E-state index contributed by atoms with van der Waals surface area (Å²) >= 11 is 0. The van der Waals surface area contributed by atoms with E-state index in [1.54, 1.807) is 6.07 Å².